The minimum atomic E-state index is -0.291. The molecule has 1 aromatic rings. The van der Waals surface area contributed by atoms with Gasteiger partial charge in [0.15, 0.2) is 0 Å². The number of halogens is 2. The van der Waals surface area contributed by atoms with Crippen molar-refractivity contribution in [1.29, 1.82) is 0 Å². The number of carbonyl (C=O) groups is 1. The molecule has 0 radical (unpaired) electrons. The van der Waals surface area contributed by atoms with Gasteiger partial charge < -0.3 is 10.4 Å². The molecule has 1 aliphatic carbocycles. The molecule has 0 heterocycles. The molecule has 5 heteroatoms. The Hall–Kier alpha value is -0.930. The van der Waals surface area contributed by atoms with Crippen molar-refractivity contribution < 1.29 is 9.90 Å². The van der Waals surface area contributed by atoms with Crippen LogP contribution < -0.4 is 5.32 Å². The summed E-state index contributed by atoms with van der Waals surface area (Å²) in [7, 11) is 0. The summed E-state index contributed by atoms with van der Waals surface area (Å²) in [6, 6.07) is 4.45. The lowest BCUT2D eigenvalue weighted by atomic mass is 9.98. The lowest BCUT2D eigenvalue weighted by Gasteiger charge is -2.17. The van der Waals surface area contributed by atoms with Crippen LogP contribution in [-0.4, -0.2) is 23.4 Å². The second-order valence-electron chi connectivity index (χ2n) is 4.98. The Bertz CT molecular complexity index is 465. The van der Waals surface area contributed by atoms with Crippen LogP contribution in [0.3, 0.4) is 0 Å². The number of hydrogen-bond acceptors (Lipinski definition) is 2. The van der Waals surface area contributed by atoms with E-state index in [0.717, 1.165) is 12.8 Å². The van der Waals surface area contributed by atoms with E-state index in [9.17, 15) is 9.90 Å². The zero-order valence-corrected chi connectivity index (χ0v) is 12.0. The Balaban J connectivity index is 1.96. The lowest BCUT2D eigenvalue weighted by Crippen LogP contribution is -2.31. The number of carbonyl (C=O) groups excluding carboxylic acids is 1. The zero-order valence-electron chi connectivity index (χ0n) is 10.5. The van der Waals surface area contributed by atoms with Crippen LogP contribution in [0.2, 0.25) is 5.02 Å². The van der Waals surface area contributed by atoms with Gasteiger partial charge in [-0.25, -0.2) is 0 Å². The van der Waals surface area contributed by atoms with Crippen molar-refractivity contribution in [3.63, 3.8) is 0 Å². The van der Waals surface area contributed by atoms with E-state index in [1.807, 2.05) is 0 Å². The van der Waals surface area contributed by atoms with Crippen LogP contribution in [0, 0.1) is 11.8 Å². The summed E-state index contributed by atoms with van der Waals surface area (Å²) in [4.78, 5) is 12.0. The Morgan fingerprint density at radius 3 is 2.84 bits per heavy atom. The van der Waals surface area contributed by atoms with Gasteiger partial charge in [-0.2, -0.15) is 0 Å². The zero-order chi connectivity index (χ0) is 13.8. The molecule has 1 fully saturated rings. The van der Waals surface area contributed by atoms with Gasteiger partial charge >= 0.3 is 0 Å². The topological polar surface area (TPSA) is 49.3 Å². The second kappa shape index (κ2) is 6.49. The van der Waals surface area contributed by atoms with Gasteiger partial charge in [-0.05, 0) is 42.9 Å². The Labute approximate surface area is 122 Å². The van der Waals surface area contributed by atoms with E-state index < -0.39 is 0 Å². The molecule has 1 aromatic carbocycles. The highest BCUT2D eigenvalue weighted by Crippen LogP contribution is 2.32. The molecule has 1 saturated carbocycles. The van der Waals surface area contributed by atoms with E-state index in [0.29, 0.717) is 29.3 Å². The Morgan fingerprint density at radius 1 is 1.37 bits per heavy atom. The van der Waals surface area contributed by atoms with E-state index in [1.54, 1.807) is 6.07 Å². The molecule has 0 aromatic heterocycles. The minimum absolute atomic E-state index is 0.0535. The van der Waals surface area contributed by atoms with Crippen molar-refractivity contribution in [2.75, 3.05) is 12.4 Å². The van der Waals surface area contributed by atoms with Crippen LogP contribution in [-0.2, 0) is 0 Å². The van der Waals surface area contributed by atoms with Crippen molar-refractivity contribution in [2.24, 2.45) is 11.8 Å². The number of alkyl halides is 1. The summed E-state index contributed by atoms with van der Waals surface area (Å²) in [5, 5.41) is 12.9. The average molecular weight is 302 g/mol. The van der Waals surface area contributed by atoms with E-state index in [4.69, 9.17) is 23.2 Å². The summed E-state index contributed by atoms with van der Waals surface area (Å²) in [5.74, 6) is 1.21. The smallest absolute Gasteiger partial charge is 0.255 e. The first-order chi connectivity index (χ1) is 9.11. The highest BCUT2D eigenvalue weighted by molar-refractivity contribution is 6.31. The maximum absolute atomic E-state index is 12.0. The average Bonchev–Trinajstić information content (AvgIpc) is 2.86. The normalized spacial score (nSPS) is 22.4. The fraction of sp³-hybridized carbons (Fsp3) is 0.500. The SMILES string of the molecule is O=C(NCC1CCCC1CCl)c1cc(Cl)ccc1O. The summed E-state index contributed by atoms with van der Waals surface area (Å²) >= 11 is 11.7. The monoisotopic (exact) mass is 301 g/mol. The van der Waals surface area contributed by atoms with Gasteiger partial charge in [-0.3, -0.25) is 4.79 Å². The van der Waals surface area contributed by atoms with Crippen molar-refractivity contribution in [1.82, 2.24) is 5.32 Å². The van der Waals surface area contributed by atoms with Crippen LogP contribution >= 0.6 is 23.2 Å². The van der Waals surface area contributed by atoms with Crippen LogP contribution in [0.15, 0.2) is 18.2 Å². The molecule has 0 saturated heterocycles. The maximum atomic E-state index is 12.0. The van der Waals surface area contributed by atoms with Crippen LogP contribution in [0.5, 0.6) is 5.75 Å². The number of amides is 1. The van der Waals surface area contributed by atoms with Crippen molar-refractivity contribution >= 4 is 29.1 Å². The number of rotatable bonds is 4. The first-order valence-corrected chi connectivity index (χ1v) is 7.35. The molecular formula is C14H17Cl2NO2. The number of phenols is 1. The molecule has 0 spiro atoms. The molecule has 0 aliphatic heterocycles. The van der Waals surface area contributed by atoms with Gasteiger partial charge in [-0.1, -0.05) is 18.0 Å². The Morgan fingerprint density at radius 2 is 2.11 bits per heavy atom. The molecule has 2 unspecified atom stereocenters. The summed E-state index contributed by atoms with van der Waals surface area (Å²) in [6.07, 6.45) is 3.39. The van der Waals surface area contributed by atoms with Crippen molar-refractivity contribution in [3.8, 4) is 5.75 Å². The molecule has 2 atom stereocenters. The molecule has 3 nitrogen and oxygen atoms in total. The van der Waals surface area contributed by atoms with Gasteiger partial charge in [-0.15, -0.1) is 11.6 Å². The van der Waals surface area contributed by atoms with Crippen molar-refractivity contribution in [3.05, 3.63) is 28.8 Å². The van der Waals surface area contributed by atoms with Gasteiger partial charge in [0, 0.05) is 17.4 Å². The maximum Gasteiger partial charge on any atom is 0.255 e. The summed E-state index contributed by atoms with van der Waals surface area (Å²) < 4.78 is 0. The number of hydrogen-bond donors (Lipinski definition) is 2. The van der Waals surface area contributed by atoms with E-state index in [-0.39, 0.29) is 17.2 Å². The quantitative estimate of drug-likeness (QED) is 0.837. The Kier molecular flexibility index (Phi) is 4.94. The number of benzene rings is 1. The number of phenolic OH excluding ortho intramolecular Hbond substituents is 1. The molecule has 104 valence electrons. The molecule has 2 N–H and O–H groups in total. The lowest BCUT2D eigenvalue weighted by molar-refractivity contribution is 0.0942. The molecule has 2 rings (SSSR count). The van der Waals surface area contributed by atoms with Crippen LogP contribution in [0.4, 0.5) is 0 Å². The largest absolute Gasteiger partial charge is 0.507 e. The third-order valence-corrected chi connectivity index (χ3v) is 4.37. The van der Waals surface area contributed by atoms with Crippen LogP contribution in [0.1, 0.15) is 29.6 Å². The van der Waals surface area contributed by atoms with E-state index >= 15 is 0 Å². The highest BCUT2D eigenvalue weighted by Gasteiger charge is 2.27. The summed E-state index contributed by atoms with van der Waals surface area (Å²) in [6.45, 7) is 0.599. The highest BCUT2D eigenvalue weighted by atomic mass is 35.5. The number of aromatic hydroxyl groups is 1. The van der Waals surface area contributed by atoms with Crippen LogP contribution in [0.25, 0.3) is 0 Å². The second-order valence-corrected chi connectivity index (χ2v) is 5.72. The van der Waals surface area contributed by atoms with Gasteiger partial charge in [0.2, 0.25) is 0 Å². The fourth-order valence-corrected chi connectivity index (χ4v) is 3.17. The molecule has 19 heavy (non-hydrogen) atoms. The predicted octanol–water partition coefficient (Wildman–Crippen LogP) is 3.43. The molecule has 1 aliphatic rings. The van der Waals surface area contributed by atoms with Gasteiger partial charge in [0.25, 0.3) is 5.91 Å². The standard InChI is InChI=1S/C14H17Cl2NO2/c15-7-9-2-1-3-10(9)8-17-14(19)12-6-11(16)4-5-13(12)18/h4-6,9-10,18H,1-3,7-8H2,(H,17,19). The predicted molar refractivity (Wildman–Crippen MR) is 77.0 cm³/mol. The third kappa shape index (κ3) is 3.54. The first-order valence-electron chi connectivity index (χ1n) is 6.44. The first kappa shape index (κ1) is 14.5. The summed E-state index contributed by atoms with van der Waals surface area (Å²) in [5.41, 5.74) is 0.216. The minimum Gasteiger partial charge on any atom is -0.507 e. The number of nitrogens with one attached hydrogen (secondary N) is 1. The molecule has 1 amide bonds. The fourth-order valence-electron chi connectivity index (χ4n) is 2.59. The van der Waals surface area contributed by atoms with Gasteiger partial charge in [0.05, 0.1) is 5.56 Å². The molecular weight excluding hydrogens is 285 g/mol. The molecule has 0 bridgehead atoms. The van der Waals surface area contributed by atoms with E-state index in [2.05, 4.69) is 5.32 Å². The van der Waals surface area contributed by atoms with Gasteiger partial charge in [0.1, 0.15) is 5.75 Å². The third-order valence-electron chi connectivity index (χ3n) is 3.74. The van der Waals surface area contributed by atoms with E-state index in [1.165, 1.54) is 18.6 Å². The van der Waals surface area contributed by atoms with Crippen molar-refractivity contribution in [2.45, 2.75) is 19.3 Å².